The summed E-state index contributed by atoms with van der Waals surface area (Å²) >= 11 is 2.93. The van der Waals surface area contributed by atoms with Crippen LogP contribution in [0.25, 0.3) is 51.3 Å². The Morgan fingerprint density at radius 1 is 0.919 bits per heavy atom. The van der Waals surface area contributed by atoms with Crippen LogP contribution < -0.4 is 10.1 Å². The van der Waals surface area contributed by atoms with Crippen LogP contribution in [0, 0.1) is 0 Å². The molecule has 2 aromatic carbocycles. The van der Waals surface area contributed by atoms with Crippen molar-refractivity contribution in [2.24, 2.45) is 0 Å². The Balaban J connectivity index is 1.34. The third-order valence-corrected chi connectivity index (χ3v) is 7.64. The van der Waals surface area contributed by atoms with Crippen LogP contribution in [0.5, 0.6) is 0 Å². The maximum Gasteiger partial charge on any atom is 0.291 e. The van der Waals surface area contributed by atoms with Gasteiger partial charge in [0.25, 0.3) is 5.56 Å². The molecular weight excluding hydrogens is 502 g/mol. The van der Waals surface area contributed by atoms with Gasteiger partial charge in [-0.3, -0.25) is 4.79 Å². The molecule has 9 heteroatoms. The summed E-state index contributed by atoms with van der Waals surface area (Å²) in [7, 11) is 0. The summed E-state index contributed by atoms with van der Waals surface area (Å²) in [6, 6.07) is 23.6. The SMILES string of the molecule is O=c1/c(=C/c2cn(-c3ccccc3)nc2-c2cc3ccccc3o2)sc2nc(/C=C/c3cccs3)nn12. The molecule has 7 rings (SSSR count). The fourth-order valence-corrected chi connectivity index (χ4v) is 5.62. The fourth-order valence-electron chi connectivity index (χ4n) is 4.10. The summed E-state index contributed by atoms with van der Waals surface area (Å²) in [4.78, 5) is 19.4. The lowest BCUT2D eigenvalue weighted by Crippen LogP contribution is -2.23. The number of thiophene rings is 1. The largest absolute Gasteiger partial charge is 0.454 e. The molecular formula is C28H17N5O2S2. The van der Waals surface area contributed by atoms with Gasteiger partial charge in [-0.1, -0.05) is 53.8 Å². The minimum absolute atomic E-state index is 0.216. The van der Waals surface area contributed by atoms with Gasteiger partial charge in [0.1, 0.15) is 11.3 Å². The van der Waals surface area contributed by atoms with Gasteiger partial charge in [0.15, 0.2) is 11.6 Å². The van der Waals surface area contributed by atoms with Crippen LogP contribution in [0.1, 0.15) is 16.3 Å². The maximum atomic E-state index is 13.2. The van der Waals surface area contributed by atoms with Crippen LogP contribution in [0.2, 0.25) is 0 Å². The molecule has 0 spiro atoms. The molecule has 178 valence electrons. The molecule has 0 aliphatic heterocycles. The molecule has 5 heterocycles. The molecule has 0 aliphatic rings. The second-order valence-corrected chi connectivity index (χ2v) is 10.3. The van der Waals surface area contributed by atoms with E-state index >= 15 is 0 Å². The summed E-state index contributed by atoms with van der Waals surface area (Å²) in [6.45, 7) is 0. The molecule has 0 saturated heterocycles. The summed E-state index contributed by atoms with van der Waals surface area (Å²) in [5.41, 5.74) is 2.89. The molecule has 0 atom stereocenters. The highest BCUT2D eigenvalue weighted by atomic mass is 32.1. The zero-order valence-electron chi connectivity index (χ0n) is 19.2. The van der Waals surface area contributed by atoms with Crippen molar-refractivity contribution in [1.29, 1.82) is 0 Å². The van der Waals surface area contributed by atoms with Crippen molar-refractivity contribution in [3.63, 3.8) is 0 Å². The van der Waals surface area contributed by atoms with Gasteiger partial charge in [0.2, 0.25) is 4.96 Å². The van der Waals surface area contributed by atoms with E-state index < -0.39 is 0 Å². The van der Waals surface area contributed by atoms with Gasteiger partial charge in [-0.2, -0.15) is 14.6 Å². The van der Waals surface area contributed by atoms with Crippen molar-refractivity contribution < 1.29 is 4.42 Å². The number of para-hydroxylation sites is 2. The average Bonchev–Trinajstić information content (AvgIpc) is 3.74. The number of thiazole rings is 1. The molecule has 0 aliphatic carbocycles. The van der Waals surface area contributed by atoms with Gasteiger partial charge in [-0.05, 0) is 53.9 Å². The second kappa shape index (κ2) is 8.81. The second-order valence-electron chi connectivity index (χ2n) is 8.29. The Hall–Kier alpha value is -4.60. The van der Waals surface area contributed by atoms with E-state index in [1.54, 1.807) is 16.0 Å². The molecule has 7 aromatic rings. The monoisotopic (exact) mass is 519 g/mol. The summed E-state index contributed by atoms with van der Waals surface area (Å²) in [5.74, 6) is 1.14. The quantitative estimate of drug-likeness (QED) is 0.299. The number of hydrogen-bond donors (Lipinski definition) is 0. The van der Waals surface area contributed by atoms with Crippen molar-refractivity contribution in [1.82, 2.24) is 24.4 Å². The highest BCUT2D eigenvalue weighted by molar-refractivity contribution is 7.15. The molecule has 0 saturated carbocycles. The normalized spacial score (nSPS) is 12.5. The first-order chi connectivity index (χ1) is 18.2. The van der Waals surface area contributed by atoms with Gasteiger partial charge in [0, 0.05) is 22.0 Å². The van der Waals surface area contributed by atoms with Crippen molar-refractivity contribution >= 4 is 56.8 Å². The number of furan rings is 1. The van der Waals surface area contributed by atoms with Crippen LogP contribution in [-0.2, 0) is 0 Å². The standard InChI is InChI=1S/C28H17N5O2S2/c34-27-24(37-28-29-25(30-33(27)28)13-12-21-10-6-14-36-21)16-19-17-32(20-8-2-1-3-9-20)31-26(19)23-15-18-7-4-5-11-22(18)35-23/h1-17H/b13-12+,24-16-. The lowest BCUT2D eigenvalue weighted by Gasteiger charge is -1.98. The first-order valence-corrected chi connectivity index (χ1v) is 13.2. The number of hydrogen-bond acceptors (Lipinski definition) is 7. The highest BCUT2D eigenvalue weighted by Crippen LogP contribution is 2.30. The van der Waals surface area contributed by atoms with E-state index in [0.717, 1.165) is 27.1 Å². The lowest BCUT2D eigenvalue weighted by atomic mass is 10.2. The zero-order valence-corrected chi connectivity index (χ0v) is 20.8. The molecule has 0 bridgehead atoms. The first-order valence-electron chi connectivity index (χ1n) is 11.5. The molecule has 0 radical (unpaired) electrons. The van der Waals surface area contributed by atoms with Crippen molar-refractivity contribution in [3.05, 3.63) is 116 Å². The van der Waals surface area contributed by atoms with Crippen molar-refractivity contribution in [3.8, 4) is 17.1 Å². The zero-order chi connectivity index (χ0) is 24.8. The van der Waals surface area contributed by atoms with Crippen LogP contribution in [0.15, 0.2) is 93.6 Å². The predicted molar refractivity (Wildman–Crippen MR) is 148 cm³/mol. The van der Waals surface area contributed by atoms with Crippen LogP contribution in [-0.4, -0.2) is 24.4 Å². The average molecular weight is 520 g/mol. The first kappa shape index (κ1) is 21.7. The third kappa shape index (κ3) is 4.00. The topological polar surface area (TPSA) is 78.2 Å². The van der Waals surface area contributed by atoms with Gasteiger partial charge in [-0.15, -0.1) is 16.4 Å². The Morgan fingerprint density at radius 2 is 1.78 bits per heavy atom. The van der Waals surface area contributed by atoms with E-state index in [4.69, 9.17) is 9.52 Å². The Kier molecular flexibility index (Phi) is 5.16. The number of rotatable bonds is 5. The number of fused-ring (bicyclic) bond motifs is 2. The third-order valence-electron chi connectivity index (χ3n) is 5.85. The summed E-state index contributed by atoms with van der Waals surface area (Å²) in [6.07, 6.45) is 7.50. The molecule has 0 N–H and O–H groups in total. The Bertz CT molecular complexity index is 1980. The molecule has 0 amide bonds. The molecule has 5 aromatic heterocycles. The van der Waals surface area contributed by atoms with Gasteiger partial charge < -0.3 is 4.42 Å². The molecule has 0 fully saturated rings. The van der Waals surface area contributed by atoms with E-state index in [1.807, 2.05) is 103 Å². The smallest absolute Gasteiger partial charge is 0.291 e. The summed E-state index contributed by atoms with van der Waals surface area (Å²) in [5, 5.41) is 12.2. The van der Waals surface area contributed by atoms with E-state index in [9.17, 15) is 4.79 Å². The van der Waals surface area contributed by atoms with Crippen molar-refractivity contribution in [2.45, 2.75) is 0 Å². The molecule has 7 nitrogen and oxygen atoms in total. The fraction of sp³-hybridized carbons (Fsp3) is 0. The van der Waals surface area contributed by atoms with Crippen molar-refractivity contribution in [2.75, 3.05) is 0 Å². The van der Waals surface area contributed by atoms with Gasteiger partial charge in [-0.25, -0.2) is 4.68 Å². The maximum absolute atomic E-state index is 13.2. The molecule has 0 unspecified atom stereocenters. The number of nitrogens with zero attached hydrogens (tertiary/aromatic N) is 5. The van der Waals surface area contributed by atoms with E-state index in [-0.39, 0.29) is 5.56 Å². The number of benzene rings is 2. The Labute approximate surface area is 217 Å². The van der Waals surface area contributed by atoms with Crippen LogP contribution in [0.3, 0.4) is 0 Å². The molecule has 37 heavy (non-hydrogen) atoms. The van der Waals surface area contributed by atoms with Gasteiger partial charge >= 0.3 is 0 Å². The Morgan fingerprint density at radius 3 is 2.59 bits per heavy atom. The van der Waals surface area contributed by atoms with E-state index in [2.05, 4.69) is 10.1 Å². The van der Waals surface area contributed by atoms with Crippen LogP contribution in [0.4, 0.5) is 0 Å². The predicted octanol–water partition coefficient (Wildman–Crippen LogP) is 5.53. The minimum atomic E-state index is -0.216. The number of aromatic nitrogens is 5. The van der Waals surface area contributed by atoms with Gasteiger partial charge in [0.05, 0.1) is 10.2 Å². The van der Waals surface area contributed by atoms with E-state index in [1.165, 1.54) is 15.9 Å². The lowest BCUT2D eigenvalue weighted by molar-refractivity contribution is 0.627. The minimum Gasteiger partial charge on any atom is -0.454 e. The highest BCUT2D eigenvalue weighted by Gasteiger charge is 2.17. The van der Waals surface area contributed by atoms with Crippen LogP contribution >= 0.6 is 22.7 Å². The van der Waals surface area contributed by atoms with E-state index in [0.29, 0.717) is 26.8 Å². The summed E-state index contributed by atoms with van der Waals surface area (Å²) < 4.78 is 9.79.